The standard InChI is InChI=1S/C60H41NO/c1-3-15-42(16-4-1)44-29-32-46(33-30-44)55-25-9-11-27-57(55)61(54-24-14-23-52(41-54)60-59(47-18-5-2-6-19-47)56-26-10-12-28-58(56)62-60)53-37-35-45(36-38-53)49-21-13-22-50(39-49)51-34-31-43-17-7-8-20-48(43)40-51/h1-41H. The molecule has 10 aromatic carbocycles. The Labute approximate surface area is 362 Å². The maximum atomic E-state index is 6.74. The summed E-state index contributed by atoms with van der Waals surface area (Å²) in [4.78, 5) is 2.38. The number of benzene rings is 10. The van der Waals surface area contributed by atoms with Gasteiger partial charge in [-0.05, 0) is 104 Å². The lowest BCUT2D eigenvalue weighted by Gasteiger charge is -2.28. The lowest BCUT2D eigenvalue weighted by molar-refractivity contribution is 0.632. The fourth-order valence-electron chi connectivity index (χ4n) is 8.79. The summed E-state index contributed by atoms with van der Waals surface area (Å²) >= 11 is 0. The summed E-state index contributed by atoms with van der Waals surface area (Å²) in [6, 6.07) is 88.9. The Morgan fingerprint density at radius 3 is 1.63 bits per heavy atom. The van der Waals surface area contributed by atoms with E-state index in [2.05, 4.69) is 248 Å². The minimum atomic E-state index is 0.852. The van der Waals surface area contributed by atoms with Gasteiger partial charge in [-0.2, -0.15) is 0 Å². The zero-order chi connectivity index (χ0) is 41.2. The molecular formula is C60H41NO. The normalized spacial score (nSPS) is 11.2. The van der Waals surface area contributed by atoms with Crippen LogP contribution in [0.2, 0.25) is 0 Å². The predicted molar refractivity (Wildman–Crippen MR) is 261 cm³/mol. The number of furan rings is 1. The summed E-state index contributed by atoms with van der Waals surface area (Å²) in [5.41, 5.74) is 16.7. The number of hydrogen-bond acceptors (Lipinski definition) is 2. The topological polar surface area (TPSA) is 16.4 Å². The molecular weight excluding hydrogens is 751 g/mol. The number of anilines is 3. The second-order valence-corrected chi connectivity index (χ2v) is 15.7. The summed E-state index contributed by atoms with van der Waals surface area (Å²) in [5, 5.41) is 3.59. The largest absolute Gasteiger partial charge is 0.455 e. The molecule has 0 spiro atoms. The van der Waals surface area contributed by atoms with Crippen molar-refractivity contribution in [3.63, 3.8) is 0 Å². The van der Waals surface area contributed by atoms with E-state index in [1.54, 1.807) is 0 Å². The number of nitrogens with zero attached hydrogens (tertiary/aromatic N) is 1. The lowest BCUT2D eigenvalue weighted by atomic mass is 9.96. The average molecular weight is 792 g/mol. The van der Waals surface area contributed by atoms with Crippen LogP contribution in [-0.2, 0) is 0 Å². The van der Waals surface area contributed by atoms with E-state index in [4.69, 9.17) is 4.42 Å². The molecule has 0 atom stereocenters. The van der Waals surface area contributed by atoms with Gasteiger partial charge in [0, 0.05) is 33.5 Å². The number of fused-ring (bicyclic) bond motifs is 2. The van der Waals surface area contributed by atoms with Crippen molar-refractivity contribution < 1.29 is 4.42 Å². The van der Waals surface area contributed by atoms with Crippen LogP contribution in [0.1, 0.15) is 0 Å². The lowest BCUT2D eigenvalue weighted by Crippen LogP contribution is -2.11. The number of para-hydroxylation sites is 2. The van der Waals surface area contributed by atoms with Gasteiger partial charge >= 0.3 is 0 Å². The minimum absolute atomic E-state index is 0.852. The summed E-state index contributed by atoms with van der Waals surface area (Å²) in [6.45, 7) is 0. The highest BCUT2D eigenvalue weighted by Gasteiger charge is 2.21. The molecule has 1 heterocycles. The van der Waals surface area contributed by atoms with Crippen LogP contribution in [0.15, 0.2) is 253 Å². The summed E-state index contributed by atoms with van der Waals surface area (Å²) in [6.07, 6.45) is 0. The third-order valence-electron chi connectivity index (χ3n) is 11.9. The molecule has 0 saturated carbocycles. The Bertz CT molecular complexity index is 3330. The SMILES string of the molecule is c1ccc(-c2ccc(-c3ccccc3N(c3ccc(-c4cccc(-c5ccc6ccccc6c5)c4)cc3)c3cccc(-c4oc5ccccc5c4-c4ccccc4)c3)cc2)cc1. The minimum Gasteiger partial charge on any atom is -0.455 e. The first-order chi connectivity index (χ1) is 30.7. The molecule has 0 aliphatic carbocycles. The van der Waals surface area contributed by atoms with Crippen LogP contribution in [0, 0.1) is 0 Å². The van der Waals surface area contributed by atoms with Crippen molar-refractivity contribution in [3.05, 3.63) is 249 Å². The molecule has 0 bridgehead atoms. The van der Waals surface area contributed by atoms with E-state index in [1.165, 1.54) is 38.6 Å². The summed E-state index contributed by atoms with van der Waals surface area (Å²) in [5.74, 6) is 0.852. The molecule has 0 unspecified atom stereocenters. The molecule has 0 radical (unpaired) electrons. The van der Waals surface area contributed by atoms with Crippen molar-refractivity contribution in [1.82, 2.24) is 0 Å². The highest BCUT2D eigenvalue weighted by atomic mass is 16.3. The van der Waals surface area contributed by atoms with Crippen LogP contribution in [0.4, 0.5) is 17.1 Å². The van der Waals surface area contributed by atoms with Crippen molar-refractivity contribution in [1.29, 1.82) is 0 Å². The Hall–Kier alpha value is -8.20. The van der Waals surface area contributed by atoms with Gasteiger partial charge in [0.15, 0.2) is 0 Å². The van der Waals surface area contributed by atoms with Crippen molar-refractivity contribution in [2.24, 2.45) is 0 Å². The van der Waals surface area contributed by atoms with Crippen LogP contribution in [-0.4, -0.2) is 0 Å². The second-order valence-electron chi connectivity index (χ2n) is 15.7. The van der Waals surface area contributed by atoms with Crippen LogP contribution in [0.3, 0.4) is 0 Å². The highest BCUT2D eigenvalue weighted by Crippen LogP contribution is 2.45. The fourth-order valence-corrected chi connectivity index (χ4v) is 8.79. The van der Waals surface area contributed by atoms with Gasteiger partial charge in [0.05, 0.1) is 5.69 Å². The van der Waals surface area contributed by atoms with Crippen LogP contribution in [0.25, 0.3) is 88.7 Å². The monoisotopic (exact) mass is 791 g/mol. The van der Waals surface area contributed by atoms with Gasteiger partial charge in [0.25, 0.3) is 0 Å². The quantitative estimate of drug-likeness (QED) is 0.145. The molecule has 11 rings (SSSR count). The van der Waals surface area contributed by atoms with Crippen molar-refractivity contribution >= 4 is 38.8 Å². The molecule has 0 N–H and O–H groups in total. The molecule has 11 aromatic rings. The second kappa shape index (κ2) is 16.1. The van der Waals surface area contributed by atoms with Crippen LogP contribution < -0.4 is 4.90 Å². The molecule has 1 aromatic heterocycles. The smallest absolute Gasteiger partial charge is 0.143 e. The van der Waals surface area contributed by atoms with Gasteiger partial charge in [-0.1, -0.05) is 200 Å². The van der Waals surface area contributed by atoms with E-state index >= 15 is 0 Å². The Morgan fingerprint density at radius 2 is 0.823 bits per heavy atom. The summed E-state index contributed by atoms with van der Waals surface area (Å²) < 4.78 is 6.74. The zero-order valence-electron chi connectivity index (χ0n) is 34.0. The third kappa shape index (κ3) is 7.04. The first-order valence-corrected chi connectivity index (χ1v) is 21.2. The van der Waals surface area contributed by atoms with E-state index in [9.17, 15) is 0 Å². The Balaban J connectivity index is 1.03. The van der Waals surface area contributed by atoms with Gasteiger partial charge < -0.3 is 9.32 Å². The van der Waals surface area contributed by atoms with E-state index < -0.39 is 0 Å². The van der Waals surface area contributed by atoms with Gasteiger partial charge in [0.1, 0.15) is 11.3 Å². The molecule has 2 nitrogen and oxygen atoms in total. The predicted octanol–water partition coefficient (Wildman–Crippen LogP) is 17.1. The molecule has 292 valence electrons. The molecule has 2 heteroatoms. The molecule has 0 aliphatic rings. The first-order valence-electron chi connectivity index (χ1n) is 21.2. The molecule has 62 heavy (non-hydrogen) atoms. The Kier molecular flexibility index (Phi) is 9.57. The van der Waals surface area contributed by atoms with Gasteiger partial charge in [-0.15, -0.1) is 0 Å². The number of rotatable bonds is 9. The van der Waals surface area contributed by atoms with Crippen molar-refractivity contribution in [3.8, 4) is 67.0 Å². The average Bonchev–Trinajstić information content (AvgIpc) is 3.75. The molecule has 0 amide bonds. The maximum absolute atomic E-state index is 6.74. The zero-order valence-corrected chi connectivity index (χ0v) is 34.0. The van der Waals surface area contributed by atoms with Gasteiger partial charge in [-0.25, -0.2) is 0 Å². The summed E-state index contributed by atoms with van der Waals surface area (Å²) in [7, 11) is 0. The third-order valence-corrected chi connectivity index (χ3v) is 11.9. The van der Waals surface area contributed by atoms with Crippen molar-refractivity contribution in [2.75, 3.05) is 4.90 Å². The van der Waals surface area contributed by atoms with Crippen molar-refractivity contribution in [2.45, 2.75) is 0 Å². The first kappa shape index (κ1) is 36.8. The fraction of sp³-hybridized carbons (Fsp3) is 0. The van der Waals surface area contributed by atoms with Gasteiger partial charge in [0.2, 0.25) is 0 Å². The molecule has 0 fully saturated rings. The van der Waals surface area contributed by atoms with Crippen LogP contribution in [0.5, 0.6) is 0 Å². The van der Waals surface area contributed by atoms with Crippen LogP contribution >= 0.6 is 0 Å². The molecule has 0 aliphatic heterocycles. The Morgan fingerprint density at radius 1 is 0.290 bits per heavy atom. The number of hydrogen-bond donors (Lipinski definition) is 0. The van der Waals surface area contributed by atoms with E-state index in [-0.39, 0.29) is 0 Å². The maximum Gasteiger partial charge on any atom is 0.143 e. The van der Waals surface area contributed by atoms with E-state index in [0.717, 1.165) is 67.2 Å². The van der Waals surface area contributed by atoms with Gasteiger partial charge in [-0.3, -0.25) is 0 Å². The van der Waals surface area contributed by atoms with E-state index in [1.807, 2.05) is 6.07 Å². The van der Waals surface area contributed by atoms with E-state index in [0.29, 0.717) is 0 Å². The highest BCUT2D eigenvalue weighted by molar-refractivity contribution is 6.02. The molecule has 0 saturated heterocycles.